The molecule has 114 valence electrons. The second-order valence-corrected chi connectivity index (χ2v) is 6.65. The average molecular weight is 391 g/mol. The SMILES string of the molecule is CCCNC(Cc1ccc(Cl)cc1Cl)c1c(Br)cnn1C. The van der Waals surface area contributed by atoms with Gasteiger partial charge in [0.05, 0.1) is 22.4 Å². The molecule has 1 N–H and O–H groups in total. The Balaban J connectivity index is 2.28. The van der Waals surface area contributed by atoms with E-state index >= 15 is 0 Å². The number of nitrogens with one attached hydrogen (secondary N) is 1. The van der Waals surface area contributed by atoms with Gasteiger partial charge in [0, 0.05) is 17.1 Å². The predicted octanol–water partition coefficient (Wildman–Crippen LogP) is 4.77. The van der Waals surface area contributed by atoms with Gasteiger partial charge in [-0.15, -0.1) is 0 Å². The molecule has 1 atom stereocenters. The molecule has 2 aromatic rings. The topological polar surface area (TPSA) is 29.9 Å². The van der Waals surface area contributed by atoms with Crippen LogP contribution in [-0.2, 0) is 13.5 Å². The Morgan fingerprint density at radius 3 is 2.71 bits per heavy atom. The first-order valence-electron chi connectivity index (χ1n) is 6.87. The van der Waals surface area contributed by atoms with Gasteiger partial charge in [-0.3, -0.25) is 4.68 Å². The summed E-state index contributed by atoms with van der Waals surface area (Å²) in [4.78, 5) is 0. The van der Waals surface area contributed by atoms with Gasteiger partial charge in [-0.25, -0.2) is 0 Å². The molecule has 0 aliphatic rings. The van der Waals surface area contributed by atoms with Crippen molar-refractivity contribution in [3.8, 4) is 0 Å². The zero-order chi connectivity index (χ0) is 15.4. The Morgan fingerprint density at radius 1 is 1.38 bits per heavy atom. The van der Waals surface area contributed by atoms with Crippen molar-refractivity contribution in [1.82, 2.24) is 15.1 Å². The largest absolute Gasteiger partial charge is 0.308 e. The molecule has 0 saturated heterocycles. The van der Waals surface area contributed by atoms with E-state index in [0.717, 1.165) is 35.1 Å². The fourth-order valence-corrected chi connectivity index (χ4v) is 3.41. The van der Waals surface area contributed by atoms with Gasteiger partial charge in [0.2, 0.25) is 0 Å². The molecule has 1 heterocycles. The van der Waals surface area contributed by atoms with E-state index < -0.39 is 0 Å². The minimum atomic E-state index is 0.144. The number of hydrogen-bond donors (Lipinski definition) is 1. The number of aryl methyl sites for hydroxylation is 1. The molecule has 1 aromatic heterocycles. The molecule has 0 aliphatic carbocycles. The van der Waals surface area contributed by atoms with Crippen LogP contribution in [0.3, 0.4) is 0 Å². The quantitative estimate of drug-likeness (QED) is 0.769. The highest BCUT2D eigenvalue weighted by Gasteiger charge is 2.19. The molecule has 0 aliphatic heterocycles. The summed E-state index contributed by atoms with van der Waals surface area (Å²) in [5.74, 6) is 0. The first-order valence-corrected chi connectivity index (χ1v) is 8.42. The lowest BCUT2D eigenvalue weighted by Gasteiger charge is -2.20. The normalized spacial score (nSPS) is 12.6. The monoisotopic (exact) mass is 389 g/mol. The van der Waals surface area contributed by atoms with Gasteiger partial charge in [-0.1, -0.05) is 36.2 Å². The molecule has 1 aromatic carbocycles. The molecular formula is C15H18BrCl2N3. The van der Waals surface area contributed by atoms with Gasteiger partial charge in [0.1, 0.15) is 0 Å². The second kappa shape index (κ2) is 7.63. The van der Waals surface area contributed by atoms with Crippen molar-refractivity contribution < 1.29 is 0 Å². The molecule has 0 spiro atoms. The van der Waals surface area contributed by atoms with E-state index in [1.54, 1.807) is 6.07 Å². The first-order chi connectivity index (χ1) is 10.0. The first kappa shape index (κ1) is 16.8. The van der Waals surface area contributed by atoms with Gasteiger partial charge in [0.15, 0.2) is 0 Å². The van der Waals surface area contributed by atoms with Gasteiger partial charge >= 0.3 is 0 Å². The second-order valence-electron chi connectivity index (χ2n) is 4.95. The minimum absolute atomic E-state index is 0.144. The summed E-state index contributed by atoms with van der Waals surface area (Å²) in [6, 6.07) is 5.78. The van der Waals surface area contributed by atoms with Crippen molar-refractivity contribution >= 4 is 39.1 Å². The van der Waals surface area contributed by atoms with Crippen LogP contribution in [0.2, 0.25) is 10.0 Å². The number of rotatable bonds is 6. The fourth-order valence-electron chi connectivity index (χ4n) is 2.30. The Hall–Kier alpha value is -0.550. The molecule has 1 unspecified atom stereocenters. The Bertz CT molecular complexity index is 593. The molecule has 6 heteroatoms. The van der Waals surface area contributed by atoms with E-state index in [4.69, 9.17) is 23.2 Å². The fraction of sp³-hybridized carbons (Fsp3) is 0.400. The van der Waals surface area contributed by atoms with Crippen molar-refractivity contribution in [2.45, 2.75) is 25.8 Å². The Kier molecular flexibility index (Phi) is 6.11. The van der Waals surface area contributed by atoms with Crippen molar-refractivity contribution in [3.05, 3.63) is 50.2 Å². The highest BCUT2D eigenvalue weighted by molar-refractivity contribution is 9.10. The van der Waals surface area contributed by atoms with Crippen LogP contribution in [0.1, 0.15) is 30.6 Å². The average Bonchev–Trinajstić information content (AvgIpc) is 2.77. The number of halogens is 3. The molecule has 0 amide bonds. The smallest absolute Gasteiger partial charge is 0.0695 e. The van der Waals surface area contributed by atoms with E-state index in [2.05, 4.69) is 33.3 Å². The maximum Gasteiger partial charge on any atom is 0.0695 e. The summed E-state index contributed by atoms with van der Waals surface area (Å²) >= 11 is 15.8. The number of nitrogens with zero attached hydrogens (tertiary/aromatic N) is 2. The molecule has 0 saturated carbocycles. The molecule has 0 fully saturated rings. The summed E-state index contributed by atoms with van der Waals surface area (Å²) in [5.41, 5.74) is 2.19. The van der Waals surface area contributed by atoms with E-state index in [0.29, 0.717) is 10.0 Å². The molecule has 0 radical (unpaired) electrons. The lowest BCUT2D eigenvalue weighted by molar-refractivity contribution is 0.492. The summed E-state index contributed by atoms with van der Waals surface area (Å²) in [5, 5.41) is 9.21. The highest BCUT2D eigenvalue weighted by atomic mass is 79.9. The number of aromatic nitrogens is 2. The van der Waals surface area contributed by atoms with Crippen LogP contribution >= 0.6 is 39.1 Å². The van der Waals surface area contributed by atoms with Gasteiger partial charge in [-0.2, -0.15) is 5.10 Å². The molecular weight excluding hydrogens is 373 g/mol. The molecule has 2 rings (SSSR count). The number of benzene rings is 1. The van der Waals surface area contributed by atoms with E-state index in [1.165, 1.54) is 0 Å². The lowest BCUT2D eigenvalue weighted by atomic mass is 10.0. The summed E-state index contributed by atoms with van der Waals surface area (Å²) in [6.07, 6.45) is 3.67. The molecule has 21 heavy (non-hydrogen) atoms. The maximum atomic E-state index is 6.30. The standard InChI is InChI=1S/C15H18BrCl2N3/c1-3-6-19-14(15-12(16)9-20-21(15)2)7-10-4-5-11(17)8-13(10)18/h4-5,8-9,14,19H,3,6-7H2,1-2H3. The third-order valence-corrected chi connectivity index (χ3v) is 4.55. The van der Waals surface area contributed by atoms with Crippen LogP contribution in [0.25, 0.3) is 0 Å². The van der Waals surface area contributed by atoms with Gasteiger partial charge in [0.25, 0.3) is 0 Å². The van der Waals surface area contributed by atoms with Crippen LogP contribution in [0, 0.1) is 0 Å². The highest BCUT2D eigenvalue weighted by Crippen LogP contribution is 2.29. The third-order valence-electron chi connectivity index (χ3n) is 3.35. The summed E-state index contributed by atoms with van der Waals surface area (Å²) in [6.45, 7) is 3.09. The lowest BCUT2D eigenvalue weighted by Crippen LogP contribution is -2.26. The summed E-state index contributed by atoms with van der Waals surface area (Å²) < 4.78 is 2.89. The van der Waals surface area contributed by atoms with Gasteiger partial charge < -0.3 is 5.32 Å². The Labute approximate surface area is 143 Å². The van der Waals surface area contributed by atoms with Crippen molar-refractivity contribution in [3.63, 3.8) is 0 Å². The van der Waals surface area contributed by atoms with Crippen LogP contribution in [-0.4, -0.2) is 16.3 Å². The summed E-state index contributed by atoms with van der Waals surface area (Å²) in [7, 11) is 1.95. The van der Waals surface area contributed by atoms with E-state index in [1.807, 2.05) is 30.1 Å². The molecule has 3 nitrogen and oxygen atoms in total. The van der Waals surface area contributed by atoms with Crippen molar-refractivity contribution in [1.29, 1.82) is 0 Å². The third kappa shape index (κ3) is 4.22. The zero-order valence-corrected chi connectivity index (χ0v) is 15.1. The maximum absolute atomic E-state index is 6.30. The van der Waals surface area contributed by atoms with E-state index in [-0.39, 0.29) is 6.04 Å². The predicted molar refractivity (Wildman–Crippen MR) is 92.1 cm³/mol. The van der Waals surface area contributed by atoms with Crippen LogP contribution in [0.5, 0.6) is 0 Å². The van der Waals surface area contributed by atoms with Crippen LogP contribution in [0.4, 0.5) is 0 Å². The van der Waals surface area contributed by atoms with Crippen molar-refractivity contribution in [2.75, 3.05) is 6.54 Å². The van der Waals surface area contributed by atoms with E-state index in [9.17, 15) is 0 Å². The van der Waals surface area contributed by atoms with Gasteiger partial charge in [-0.05, 0) is 53.0 Å². The number of hydrogen-bond acceptors (Lipinski definition) is 2. The molecule has 0 bridgehead atoms. The van der Waals surface area contributed by atoms with Crippen LogP contribution < -0.4 is 5.32 Å². The van der Waals surface area contributed by atoms with Crippen LogP contribution in [0.15, 0.2) is 28.9 Å². The van der Waals surface area contributed by atoms with Crippen molar-refractivity contribution in [2.24, 2.45) is 7.05 Å². The Morgan fingerprint density at radius 2 is 2.14 bits per heavy atom. The minimum Gasteiger partial charge on any atom is -0.308 e. The zero-order valence-electron chi connectivity index (χ0n) is 12.0.